The van der Waals surface area contributed by atoms with Crippen molar-refractivity contribution in [1.82, 2.24) is 4.90 Å². The van der Waals surface area contributed by atoms with E-state index >= 15 is 0 Å². The number of carbonyl (C=O) groups is 1. The predicted molar refractivity (Wildman–Crippen MR) is 53.5 cm³/mol. The smallest absolute Gasteiger partial charge is 0.236 e. The van der Waals surface area contributed by atoms with E-state index in [-0.39, 0.29) is 10.7 Å². The summed E-state index contributed by atoms with van der Waals surface area (Å²) in [6.07, 6.45) is 1.95. The van der Waals surface area contributed by atoms with E-state index in [1.165, 1.54) is 0 Å². The molecule has 1 rings (SSSR count). The van der Waals surface area contributed by atoms with Gasteiger partial charge in [-0.2, -0.15) is 0 Å². The minimum atomic E-state index is -0.0257. The van der Waals surface area contributed by atoms with Gasteiger partial charge in [0.05, 0.1) is 11.4 Å². The summed E-state index contributed by atoms with van der Waals surface area (Å²) in [5.41, 5.74) is 0. The maximum Gasteiger partial charge on any atom is 0.236 e. The molecule has 4 heteroatoms. The fraction of sp³-hybridized carbons (Fsp3) is 0.625. The molecule has 0 aromatic carbocycles. The molecule has 1 atom stereocenters. The van der Waals surface area contributed by atoms with Crippen molar-refractivity contribution >= 4 is 33.4 Å². The molecule has 1 unspecified atom stereocenters. The second-order valence-electron chi connectivity index (χ2n) is 2.89. The van der Waals surface area contributed by atoms with Crippen LogP contribution in [0.5, 0.6) is 0 Å². The van der Waals surface area contributed by atoms with Crippen LogP contribution in [0.1, 0.15) is 12.8 Å². The van der Waals surface area contributed by atoms with Crippen LogP contribution in [0.2, 0.25) is 0 Å². The molecule has 0 radical (unpaired) electrons. The Hall–Kier alpha value is -0.0200. The van der Waals surface area contributed by atoms with Crippen LogP contribution in [-0.2, 0) is 4.79 Å². The summed E-state index contributed by atoms with van der Waals surface area (Å²) < 4.78 is 0. The molecule has 1 amide bonds. The summed E-state index contributed by atoms with van der Waals surface area (Å²) in [7, 11) is 0. The van der Waals surface area contributed by atoms with Gasteiger partial charge < -0.3 is 4.90 Å². The number of piperidine rings is 1. The third kappa shape index (κ3) is 2.49. The number of carbonyl (C=O) groups excluding carboxylic acids is 1. The van der Waals surface area contributed by atoms with Crippen molar-refractivity contribution in [2.75, 3.05) is 13.1 Å². The molecule has 2 nitrogen and oxygen atoms in total. The third-order valence-electron chi connectivity index (χ3n) is 1.83. The van der Waals surface area contributed by atoms with Gasteiger partial charge in [-0.15, -0.1) is 0 Å². The Balaban J connectivity index is 2.52. The summed E-state index contributed by atoms with van der Waals surface area (Å²) in [5, 5.41) is 0.518. The van der Waals surface area contributed by atoms with Crippen molar-refractivity contribution in [2.45, 2.75) is 17.7 Å². The maximum absolute atomic E-state index is 11.4. The van der Waals surface area contributed by atoms with E-state index in [0.717, 1.165) is 19.4 Å². The van der Waals surface area contributed by atoms with Gasteiger partial charge in [0.2, 0.25) is 5.91 Å². The Morgan fingerprint density at radius 2 is 2.50 bits per heavy atom. The van der Waals surface area contributed by atoms with Crippen molar-refractivity contribution in [1.29, 1.82) is 0 Å². The zero-order chi connectivity index (χ0) is 9.14. The van der Waals surface area contributed by atoms with Crippen molar-refractivity contribution in [2.24, 2.45) is 0 Å². The van der Waals surface area contributed by atoms with Crippen LogP contribution in [0, 0.1) is 0 Å². The fourth-order valence-electron chi connectivity index (χ4n) is 1.26. The Labute approximate surface area is 85.7 Å². The van der Waals surface area contributed by atoms with Crippen LogP contribution in [0.4, 0.5) is 0 Å². The number of alkyl halides is 1. The van der Waals surface area contributed by atoms with Crippen LogP contribution in [0.15, 0.2) is 11.6 Å². The first-order valence-corrected chi connectivity index (χ1v) is 5.17. The number of rotatable bonds is 2. The molecular weight excluding hydrogens is 241 g/mol. The minimum absolute atomic E-state index is 0.0257. The van der Waals surface area contributed by atoms with E-state index < -0.39 is 0 Å². The summed E-state index contributed by atoms with van der Waals surface area (Å²) in [6, 6.07) is 0. The first-order valence-electron chi connectivity index (χ1n) is 3.87. The molecule has 1 saturated heterocycles. The molecule has 1 aliphatic rings. The van der Waals surface area contributed by atoms with E-state index in [2.05, 4.69) is 22.5 Å². The van der Waals surface area contributed by atoms with Crippen molar-refractivity contribution in [3.05, 3.63) is 11.6 Å². The highest BCUT2D eigenvalue weighted by atomic mass is 79.9. The zero-order valence-electron chi connectivity index (χ0n) is 6.72. The lowest BCUT2D eigenvalue weighted by Crippen LogP contribution is -2.42. The molecule has 1 fully saturated rings. The molecule has 12 heavy (non-hydrogen) atoms. The van der Waals surface area contributed by atoms with Gasteiger partial charge in [0.15, 0.2) is 0 Å². The molecule has 0 N–H and O–H groups in total. The second-order valence-corrected chi connectivity index (χ2v) is 4.53. The SMILES string of the molecule is C=C(Cl)CN1CCCC(Br)C1=O. The van der Waals surface area contributed by atoms with Gasteiger partial charge in [0.25, 0.3) is 0 Å². The fourth-order valence-corrected chi connectivity index (χ4v) is 2.01. The van der Waals surface area contributed by atoms with Gasteiger partial charge in [-0.1, -0.05) is 34.1 Å². The number of hydrogen-bond acceptors (Lipinski definition) is 1. The van der Waals surface area contributed by atoms with Gasteiger partial charge >= 0.3 is 0 Å². The molecule has 1 aliphatic heterocycles. The third-order valence-corrected chi connectivity index (χ3v) is 2.80. The van der Waals surface area contributed by atoms with Crippen molar-refractivity contribution < 1.29 is 4.79 Å². The van der Waals surface area contributed by atoms with Gasteiger partial charge in [0, 0.05) is 11.6 Å². The second kappa shape index (κ2) is 4.28. The van der Waals surface area contributed by atoms with E-state index in [9.17, 15) is 4.79 Å². The molecule has 68 valence electrons. The minimum Gasteiger partial charge on any atom is -0.337 e. The molecule has 0 bridgehead atoms. The zero-order valence-corrected chi connectivity index (χ0v) is 9.07. The largest absolute Gasteiger partial charge is 0.337 e. The van der Waals surface area contributed by atoms with E-state index in [4.69, 9.17) is 11.6 Å². The summed E-state index contributed by atoms with van der Waals surface area (Å²) >= 11 is 8.94. The maximum atomic E-state index is 11.4. The lowest BCUT2D eigenvalue weighted by molar-refractivity contribution is -0.131. The summed E-state index contributed by atoms with van der Waals surface area (Å²) in [5.74, 6) is 0.128. The van der Waals surface area contributed by atoms with Gasteiger partial charge in [-0.25, -0.2) is 0 Å². The molecule has 0 aliphatic carbocycles. The topological polar surface area (TPSA) is 20.3 Å². The summed E-state index contributed by atoms with van der Waals surface area (Å²) in [4.78, 5) is 13.1. The van der Waals surface area contributed by atoms with Gasteiger partial charge in [-0.3, -0.25) is 4.79 Å². The van der Waals surface area contributed by atoms with Crippen LogP contribution >= 0.6 is 27.5 Å². The predicted octanol–water partition coefficient (Wildman–Crippen LogP) is 2.12. The quantitative estimate of drug-likeness (QED) is 0.690. The van der Waals surface area contributed by atoms with E-state index in [1.807, 2.05) is 0 Å². The molecule has 0 aromatic heterocycles. The average molecular weight is 253 g/mol. The standard InChI is InChI=1S/C8H11BrClNO/c1-6(10)5-11-4-2-3-7(9)8(11)12/h7H,1-5H2. The summed E-state index contributed by atoms with van der Waals surface area (Å²) in [6.45, 7) is 4.84. The van der Waals surface area contributed by atoms with Gasteiger partial charge in [0.1, 0.15) is 0 Å². The van der Waals surface area contributed by atoms with Gasteiger partial charge in [-0.05, 0) is 12.8 Å². The van der Waals surface area contributed by atoms with E-state index in [0.29, 0.717) is 11.6 Å². The van der Waals surface area contributed by atoms with Crippen molar-refractivity contribution in [3.8, 4) is 0 Å². The number of hydrogen-bond donors (Lipinski definition) is 0. The molecule has 0 saturated carbocycles. The average Bonchev–Trinajstić information content (AvgIpc) is 1.98. The molecular formula is C8H11BrClNO. The lowest BCUT2D eigenvalue weighted by Gasteiger charge is -2.29. The molecule has 0 aromatic rings. The number of nitrogens with zero attached hydrogens (tertiary/aromatic N) is 1. The van der Waals surface area contributed by atoms with Crippen LogP contribution in [-0.4, -0.2) is 28.7 Å². The number of likely N-dealkylation sites (tertiary alicyclic amines) is 1. The number of halogens is 2. The first kappa shape index (κ1) is 10.1. The lowest BCUT2D eigenvalue weighted by atomic mass is 10.1. The van der Waals surface area contributed by atoms with Crippen LogP contribution in [0.25, 0.3) is 0 Å². The first-order chi connectivity index (χ1) is 5.61. The Bertz CT molecular complexity index is 207. The molecule has 0 spiro atoms. The Morgan fingerprint density at radius 3 is 3.08 bits per heavy atom. The monoisotopic (exact) mass is 251 g/mol. The highest BCUT2D eigenvalue weighted by Gasteiger charge is 2.26. The highest BCUT2D eigenvalue weighted by molar-refractivity contribution is 9.10. The van der Waals surface area contributed by atoms with Crippen LogP contribution in [0.3, 0.4) is 0 Å². The molecule has 1 heterocycles. The Morgan fingerprint density at radius 1 is 1.83 bits per heavy atom. The normalized spacial score (nSPS) is 24.3. The van der Waals surface area contributed by atoms with Crippen LogP contribution < -0.4 is 0 Å². The number of amides is 1. The van der Waals surface area contributed by atoms with Crippen molar-refractivity contribution in [3.63, 3.8) is 0 Å². The van der Waals surface area contributed by atoms with E-state index in [1.54, 1.807) is 4.90 Å². The highest BCUT2D eigenvalue weighted by Crippen LogP contribution is 2.19. The Kier molecular flexibility index (Phi) is 3.59.